The third-order valence-corrected chi connectivity index (χ3v) is 3.87. The SMILES string of the molecule is CN1CCC(c2cccc(CCC(C)(C)N)c2)C1. The highest BCUT2D eigenvalue weighted by Gasteiger charge is 2.21. The number of hydrogen-bond acceptors (Lipinski definition) is 2. The van der Waals surface area contributed by atoms with E-state index in [1.807, 2.05) is 0 Å². The average molecular weight is 246 g/mol. The molecule has 2 N–H and O–H groups in total. The van der Waals surface area contributed by atoms with Crippen LogP contribution in [-0.2, 0) is 6.42 Å². The predicted octanol–water partition coefficient (Wildman–Crippen LogP) is 2.78. The van der Waals surface area contributed by atoms with Crippen molar-refractivity contribution in [3.63, 3.8) is 0 Å². The first-order valence-corrected chi connectivity index (χ1v) is 7.00. The summed E-state index contributed by atoms with van der Waals surface area (Å²) in [6.07, 6.45) is 3.42. The molecule has 0 aliphatic carbocycles. The Bertz CT molecular complexity index is 392. The molecule has 1 saturated heterocycles. The standard InChI is InChI=1S/C16H26N2/c1-16(2,17)9-7-13-5-4-6-14(11-13)15-8-10-18(3)12-15/h4-6,11,15H,7-10,12,17H2,1-3H3. The van der Waals surface area contributed by atoms with Crippen molar-refractivity contribution in [2.75, 3.05) is 20.1 Å². The first-order valence-electron chi connectivity index (χ1n) is 7.00. The Morgan fingerprint density at radius 1 is 1.39 bits per heavy atom. The second-order valence-electron chi connectivity index (χ2n) is 6.48. The molecular weight excluding hydrogens is 220 g/mol. The zero-order valence-corrected chi connectivity index (χ0v) is 11.9. The molecule has 1 heterocycles. The third kappa shape index (κ3) is 3.82. The molecular formula is C16H26N2. The Labute approximate surface area is 111 Å². The summed E-state index contributed by atoms with van der Waals surface area (Å²) in [5, 5.41) is 0. The van der Waals surface area contributed by atoms with Crippen molar-refractivity contribution in [3.8, 4) is 0 Å². The number of benzene rings is 1. The summed E-state index contributed by atoms with van der Waals surface area (Å²) < 4.78 is 0. The van der Waals surface area contributed by atoms with Gasteiger partial charge in [-0.15, -0.1) is 0 Å². The summed E-state index contributed by atoms with van der Waals surface area (Å²) in [4.78, 5) is 2.42. The van der Waals surface area contributed by atoms with Gasteiger partial charge in [0.15, 0.2) is 0 Å². The summed E-state index contributed by atoms with van der Waals surface area (Å²) in [7, 11) is 2.21. The molecule has 1 aromatic rings. The highest BCUT2D eigenvalue weighted by atomic mass is 15.1. The highest BCUT2D eigenvalue weighted by molar-refractivity contribution is 5.27. The number of rotatable bonds is 4. The fourth-order valence-electron chi connectivity index (χ4n) is 2.68. The number of likely N-dealkylation sites (N-methyl/N-ethyl adjacent to an activating group) is 1. The van der Waals surface area contributed by atoms with E-state index in [0.717, 1.165) is 18.8 Å². The molecule has 1 fully saturated rings. The predicted molar refractivity (Wildman–Crippen MR) is 77.9 cm³/mol. The fourth-order valence-corrected chi connectivity index (χ4v) is 2.68. The molecule has 1 atom stereocenters. The first-order chi connectivity index (χ1) is 8.44. The van der Waals surface area contributed by atoms with Crippen molar-refractivity contribution < 1.29 is 0 Å². The number of hydrogen-bond donors (Lipinski definition) is 1. The van der Waals surface area contributed by atoms with E-state index in [9.17, 15) is 0 Å². The van der Waals surface area contributed by atoms with Crippen molar-refractivity contribution in [1.82, 2.24) is 4.90 Å². The summed E-state index contributed by atoms with van der Waals surface area (Å²) in [6.45, 7) is 6.63. The zero-order chi connectivity index (χ0) is 13.2. The Balaban J connectivity index is 2.01. The van der Waals surface area contributed by atoms with Gasteiger partial charge in [0.2, 0.25) is 0 Å². The average Bonchev–Trinajstić information content (AvgIpc) is 2.73. The van der Waals surface area contributed by atoms with Gasteiger partial charge in [-0.05, 0) is 63.7 Å². The molecule has 2 heteroatoms. The van der Waals surface area contributed by atoms with Crippen LogP contribution in [0.3, 0.4) is 0 Å². The van der Waals surface area contributed by atoms with E-state index in [2.05, 4.69) is 50.1 Å². The molecule has 1 aliphatic heterocycles. The van der Waals surface area contributed by atoms with Gasteiger partial charge in [0.1, 0.15) is 0 Å². The molecule has 0 spiro atoms. The molecule has 0 bridgehead atoms. The summed E-state index contributed by atoms with van der Waals surface area (Å²) >= 11 is 0. The molecule has 2 nitrogen and oxygen atoms in total. The van der Waals surface area contributed by atoms with Gasteiger partial charge in [0.05, 0.1) is 0 Å². The van der Waals surface area contributed by atoms with E-state index in [-0.39, 0.29) is 5.54 Å². The maximum absolute atomic E-state index is 6.06. The van der Waals surface area contributed by atoms with Crippen molar-refractivity contribution >= 4 is 0 Å². The van der Waals surface area contributed by atoms with Gasteiger partial charge in [0, 0.05) is 12.1 Å². The van der Waals surface area contributed by atoms with Crippen molar-refractivity contribution in [1.29, 1.82) is 0 Å². The Kier molecular flexibility index (Phi) is 4.08. The van der Waals surface area contributed by atoms with Gasteiger partial charge in [-0.25, -0.2) is 0 Å². The molecule has 0 saturated carbocycles. The second kappa shape index (κ2) is 5.41. The molecule has 0 amide bonds. The molecule has 100 valence electrons. The van der Waals surface area contributed by atoms with Crippen LogP contribution >= 0.6 is 0 Å². The number of nitrogens with zero attached hydrogens (tertiary/aromatic N) is 1. The lowest BCUT2D eigenvalue weighted by atomic mass is 9.92. The minimum absolute atomic E-state index is 0.0659. The quantitative estimate of drug-likeness (QED) is 0.885. The van der Waals surface area contributed by atoms with Crippen LogP contribution in [0.15, 0.2) is 24.3 Å². The van der Waals surface area contributed by atoms with Crippen LogP contribution in [-0.4, -0.2) is 30.6 Å². The first kappa shape index (κ1) is 13.6. The van der Waals surface area contributed by atoms with E-state index in [1.165, 1.54) is 30.6 Å². The lowest BCUT2D eigenvalue weighted by Crippen LogP contribution is -2.32. The van der Waals surface area contributed by atoms with Gasteiger partial charge in [-0.1, -0.05) is 24.3 Å². The fraction of sp³-hybridized carbons (Fsp3) is 0.625. The smallest absolute Gasteiger partial charge is 0.0100 e. The molecule has 1 unspecified atom stereocenters. The molecule has 2 rings (SSSR count). The number of aryl methyl sites for hydroxylation is 1. The monoisotopic (exact) mass is 246 g/mol. The minimum atomic E-state index is -0.0659. The summed E-state index contributed by atoms with van der Waals surface area (Å²) in [6, 6.07) is 9.09. The topological polar surface area (TPSA) is 29.3 Å². The van der Waals surface area contributed by atoms with Crippen LogP contribution in [0, 0.1) is 0 Å². The van der Waals surface area contributed by atoms with E-state index < -0.39 is 0 Å². The van der Waals surface area contributed by atoms with Crippen LogP contribution in [0.25, 0.3) is 0 Å². The van der Waals surface area contributed by atoms with Gasteiger partial charge >= 0.3 is 0 Å². The van der Waals surface area contributed by atoms with E-state index in [1.54, 1.807) is 0 Å². The van der Waals surface area contributed by atoms with Crippen LogP contribution in [0.4, 0.5) is 0 Å². The Hall–Kier alpha value is -0.860. The van der Waals surface area contributed by atoms with E-state index in [4.69, 9.17) is 5.73 Å². The normalized spacial score (nSPS) is 21.4. The lowest BCUT2D eigenvalue weighted by Gasteiger charge is -2.18. The van der Waals surface area contributed by atoms with E-state index in [0.29, 0.717) is 0 Å². The van der Waals surface area contributed by atoms with Crippen LogP contribution in [0.5, 0.6) is 0 Å². The molecule has 18 heavy (non-hydrogen) atoms. The molecule has 1 aromatic carbocycles. The van der Waals surface area contributed by atoms with Crippen molar-refractivity contribution in [2.24, 2.45) is 5.73 Å². The van der Waals surface area contributed by atoms with Gasteiger partial charge in [-0.2, -0.15) is 0 Å². The maximum Gasteiger partial charge on any atom is 0.0100 e. The van der Waals surface area contributed by atoms with Gasteiger partial charge in [-0.3, -0.25) is 0 Å². The summed E-state index contributed by atoms with van der Waals surface area (Å²) in [5.74, 6) is 0.723. The minimum Gasteiger partial charge on any atom is -0.326 e. The maximum atomic E-state index is 6.06. The van der Waals surface area contributed by atoms with Crippen LogP contribution in [0.1, 0.15) is 43.7 Å². The van der Waals surface area contributed by atoms with Crippen molar-refractivity contribution in [2.45, 2.75) is 44.6 Å². The van der Waals surface area contributed by atoms with Crippen LogP contribution < -0.4 is 5.73 Å². The molecule has 0 radical (unpaired) electrons. The van der Waals surface area contributed by atoms with Gasteiger partial charge in [0.25, 0.3) is 0 Å². The van der Waals surface area contributed by atoms with Crippen molar-refractivity contribution in [3.05, 3.63) is 35.4 Å². The van der Waals surface area contributed by atoms with E-state index >= 15 is 0 Å². The number of nitrogens with two attached hydrogens (primary N) is 1. The number of likely N-dealkylation sites (tertiary alicyclic amines) is 1. The highest BCUT2D eigenvalue weighted by Crippen LogP contribution is 2.27. The molecule has 0 aromatic heterocycles. The second-order valence-corrected chi connectivity index (χ2v) is 6.48. The molecule has 1 aliphatic rings. The lowest BCUT2D eigenvalue weighted by molar-refractivity contribution is 0.411. The van der Waals surface area contributed by atoms with Gasteiger partial charge < -0.3 is 10.6 Å². The Morgan fingerprint density at radius 2 is 2.17 bits per heavy atom. The Morgan fingerprint density at radius 3 is 2.78 bits per heavy atom. The third-order valence-electron chi connectivity index (χ3n) is 3.87. The zero-order valence-electron chi connectivity index (χ0n) is 11.9. The van der Waals surface area contributed by atoms with Crippen LogP contribution in [0.2, 0.25) is 0 Å². The largest absolute Gasteiger partial charge is 0.326 e. The summed E-state index contributed by atoms with van der Waals surface area (Å²) in [5.41, 5.74) is 8.93.